The van der Waals surface area contributed by atoms with Gasteiger partial charge in [-0.2, -0.15) is 5.26 Å². The summed E-state index contributed by atoms with van der Waals surface area (Å²) in [6.07, 6.45) is -10.3. The van der Waals surface area contributed by atoms with Crippen LogP contribution in [0.2, 0.25) is 0 Å². The second kappa shape index (κ2) is 23.4. The quantitative estimate of drug-likeness (QED) is 0.0837. The standard InChI is InChI=1S/C55H55NO11/c56-30-43-28-16-17-29-44(43)35-62-52-49(60-33-40-22-10-3-11-23-40)47(59-32-39-20-8-2-9-21-39)45(36-58-31-38-18-6-1-7-19-38)65-55(52)67-50-48-46(37-63-54(66-48)42-26-14-5-15-27-42)64-53(57)51(50)61-34-41-24-12-4-13-25-41/h1-29,45-55,57H,31-37H2/t45-,46-,47-,48-,49+,50+,51-,52-,53+,54?,55+/m1/s1. The molecule has 11 atom stereocenters. The third-order valence-corrected chi connectivity index (χ3v) is 12.1. The zero-order valence-corrected chi connectivity index (χ0v) is 37.0. The van der Waals surface area contributed by atoms with Gasteiger partial charge in [0, 0.05) is 5.56 Å². The number of fused-ring (bicyclic) bond motifs is 1. The molecule has 0 radical (unpaired) electrons. The lowest BCUT2D eigenvalue weighted by atomic mass is 9.95. The van der Waals surface area contributed by atoms with Crippen molar-refractivity contribution in [2.45, 2.75) is 101 Å². The summed E-state index contributed by atoms with van der Waals surface area (Å²) in [5.41, 5.74) is 5.72. The number of aliphatic hydroxyl groups is 1. The Morgan fingerprint density at radius 2 is 1.01 bits per heavy atom. The molecule has 3 fully saturated rings. The van der Waals surface area contributed by atoms with Crippen LogP contribution in [0.5, 0.6) is 0 Å². The van der Waals surface area contributed by atoms with Crippen molar-refractivity contribution in [2.75, 3.05) is 13.2 Å². The van der Waals surface area contributed by atoms with Gasteiger partial charge in [-0.3, -0.25) is 0 Å². The smallest absolute Gasteiger partial charge is 0.187 e. The van der Waals surface area contributed by atoms with Gasteiger partial charge in [-0.25, -0.2) is 0 Å². The lowest BCUT2D eigenvalue weighted by Crippen LogP contribution is -2.67. The molecule has 0 amide bonds. The zero-order chi connectivity index (χ0) is 45.6. The topological polar surface area (TPSA) is 136 Å². The number of benzene rings is 6. The predicted octanol–water partition coefficient (Wildman–Crippen LogP) is 8.36. The molecule has 67 heavy (non-hydrogen) atoms. The van der Waals surface area contributed by atoms with Crippen LogP contribution in [0.15, 0.2) is 176 Å². The van der Waals surface area contributed by atoms with Gasteiger partial charge in [0.2, 0.25) is 0 Å². The van der Waals surface area contributed by atoms with E-state index in [2.05, 4.69) is 6.07 Å². The minimum atomic E-state index is -1.43. The number of hydrogen-bond donors (Lipinski definition) is 1. The highest BCUT2D eigenvalue weighted by molar-refractivity contribution is 5.37. The van der Waals surface area contributed by atoms with Crippen molar-refractivity contribution in [3.63, 3.8) is 0 Å². The van der Waals surface area contributed by atoms with E-state index in [1.807, 2.05) is 170 Å². The molecule has 3 aliphatic rings. The van der Waals surface area contributed by atoms with Crippen molar-refractivity contribution in [3.05, 3.63) is 215 Å². The number of nitriles is 1. The molecule has 12 nitrogen and oxygen atoms in total. The van der Waals surface area contributed by atoms with Crippen LogP contribution in [-0.2, 0) is 80.4 Å². The second-order valence-electron chi connectivity index (χ2n) is 16.7. The molecule has 6 aromatic rings. The SMILES string of the molecule is N#Cc1ccccc1CO[C@H]1[C@H](O[C@@H]2[C@@H](OCc3ccccc3)[C@@H](O)O[C@@H]3COC(c4ccccc4)O[C@@H]23)O[C@H](COCc2ccccc2)[C@@H](OCc2ccccc2)[C@@H]1OCc1ccccc1. The van der Waals surface area contributed by atoms with Crippen LogP contribution in [0.25, 0.3) is 0 Å². The lowest BCUT2D eigenvalue weighted by Gasteiger charge is -2.51. The van der Waals surface area contributed by atoms with Crippen molar-refractivity contribution in [2.24, 2.45) is 0 Å². The molecule has 0 aromatic heterocycles. The fraction of sp³-hybridized carbons (Fsp3) is 0.327. The van der Waals surface area contributed by atoms with Gasteiger partial charge in [0.1, 0.15) is 48.8 Å². The minimum absolute atomic E-state index is 0.0141. The van der Waals surface area contributed by atoms with Gasteiger partial charge in [0.25, 0.3) is 0 Å². The van der Waals surface area contributed by atoms with Crippen LogP contribution in [0.1, 0.15) is 45.2 Å². The average Bonchev–Trinajstić information content (AvgIpc) is 3.38. The van der Waals surface area contributed by atoms with Crippen molar-refractivity contribution in [1.82, 2.24) is 0 Å². The van der Waals surface area contributed by atoms with Gasteiger partial charge in [-0.15, -0.1) is 0 Å². The highest BCUT2D eigenvalue weighted by Crippen LogP contribution is 2.39. The molecule has 3 heterocycles. The molecule has 346 valence electrons. The van der Waals surface area contributed by atoms with E-state index in [1.165, 1.54) is 0 Å². The molecule has 0 bridgehead atoms. The Morgan fingerprint density at radius 3 is 1.61 bits per heavy atom. The van der Waals surface area contributed by atoms with E-state index in [0.29, 0.717) is 17.7 Å². The second-order valence-corrected chi connectivity index (χ2v) is 16.7. The molecule has 0 aliphatic carbocycles. The van der Waals surface area contributed by atoms with Gasteiger partial charge in [-0.05, 0) is 33.9 Å². The van der Waals surface area contributed by atoms with E-state index < -0.39 is 67.7 Å². The van der Waals surface area contributed by atoms with E-state index in [4.69, 9.17) is 47.4 Å². The molecule has 0 saturated carbocycles. The number of nitrogens with zero attached hydrogens (tertiary/aromatic N) is 1. The van der Waals surface area contributed by atoms with Crippen LogP contribution in [0.3, 0.4) is 0 Å². The van der Waals surface area contributed by atoms with E-state index in [1.54, 1.807) is 6.07 Å². The first-order chi connectivity index (χ1) is 33.1. The summed E-state index contributed by atoms with van der Waals surface area (Å²) in [6.45, 7) is 1.13. The average molecular weight is 906 g/mol. The number of hydrogen-bond acceptors (Lipinski definition) is 12. The van der Waals surface area contributed by atoms with Crippen molar-refractivity contribution in [1.29, 1.82) is 5.26 Å². The number of rotatable bonds is 19. The van der Waals surface area contributed by atoms with Crippen molar-refractivity contribution < 1.29 is 52.5 Å². The predicted molar refractivity (Wildman–Crippen MR) is 245 cm³/mol. The molecule has 12 heteroatoms. The molecule has 9 rings (SSSR count). The summed E-state index contributed by atoms with van der Waals surface area (Å²) >= 11 is 0. The Morgan fingerprint density at radius 1 is 0.507 bits per heavy atom. The Bertz CT molecular complexity index is 2430. The van der Waals surface area contributed by atoms with Crippen LogP contribution in [0, 0.1) is 11.3 Å². The summed E-state index contributed by atoms with van der Waals surface area (Å²) in [6, 6.07) is 58.6. The maximum absolute atomic E-state index is 11.8. The maximum Gasteiger partial charge on any atom is 0.187 e. The normalized spacial score (nSPS) is 27.1. The van der Waals surface area contributed by atoms with Crippen molar-refractivity contribution in [3.8, 4) is 6.07 Å². The van der Waals surface area contributed by atoms with E-state index in [0.717, 1.165) is 27.8 Å². The summed E-state index contributed by atoms with van der Waals surface area (Å²) in [5, 5.41) is 21.9. The fourth-order valence-electron chi connectivity index (χ4n) is 8.63. The molecule has 3 aliphatic heterocycles. The minimum Gasteiger partial charge on any atom is -0.374 e. The largest absolute Gasteiger partial charge is 0.374 e. The fourth-order valence-corrected chi connectivity index (χ4v) is 8.63. The Labute approximate surface area is 391 Å². The van der Waals surface area contributed by atoms with E-state index in [9.17, 15) is 10.4 Å². The van der Waals surface area contributed by atoms with Crippen LogP contribution < -0.4 is 0 Å². The number of ether oxygens (including phenoxy) is 10. The highest BCUT2D eigenvalue weighted by Gasteiger charge is 2.55. The Hall–Kier alpha value is -5.63. The van der Waals surface area contributed by atoms with E-state index >= 15 is 0 Å². The maximum atomic E-state index is 11.8. The summed E-state index contributed by atoms with van der Waals surface area (Å²) in [4.78, 5) is 0. The third-order valence-electron chi connectivity index (χ3n) is 12.1. The molecule has 1 N–H and O–H groups in total. The monoisotopic (exact) mass is 905 g/mol. The first-order valence-electron chi connectivity index (χ1n) is 22.7. The summed E-state index contributed by atoms with van der Waals surface area (Å²) < 4.78 is 67.3. The molecular formula is C55H55NO11. The Kier molecular flexibility index (Phi) is 16.2. The summed E-state index contributed by atoms with van der Waals surface area (Å²) in [5.74, 6) is 0. The van der Waals surface area contributed by atoms with Gasteiger partial charge >= 0.3 is 0 Å². The lowest BCUT2D eigenvalue weighted by molar-refractivity contribution is -0.398. The molecule has 3 saturated heterocycles. The first kappa shape index (κ1) is 46.5. The first-order valence-corrected chi connectivity index (χ1v) is 22.7. The third kappa shape index (κ3) is 12.1. The van der Waals surface area contributed by atoms with Crippen LogP contribution in [-0.4, -0.2) is 79.7 Å². The van der Waals surface area contributed by atoms with Crippen LogP contribution >= 0.6 is 0 Å². The number of aliphatic hydroxyl groups excluding tert-OH is 1. The molecule has 6 aromatic carbocycles. The van der Waals surface area contributed by atoms with Gasteiger partial charge < -0.3 is 52.5 Å². The molecule has 0 spiro atoms. The Balaban J connectivity index is 1.10. The molecular weight excluding hydrogens is 851 g/mol. The van der Waals surface area contributed by atoms with Crippen LogP contribution in [0.4, 0.5) is 0 Å². The zero-order valence-electron chi connectivity index (χ0n) is 37.0. The summed E-state index contributed by atoms with van der Waals surface area (Å²) in [7, 11) is 0. The molecule has 1 unspecified atom stereocenters. The van der Waals surface area contributed by atoms with Gasteiger partial charge in [0.15, 0.2) is 18.9 Å². The highest BCUT2D eigenvalue weighted by atomic mass is 16.8. The van der Waals surface area contributed by atoms with Gasteiger partial charge in [0.05, 0.1) is 57.9 Å². The van der Waals surface area contributed by atoms with Gasteiger partial charge in [-0.1, -0.05) is 170 Å². The van der Waals surface area contributed by atoms with Crippen molar-refractivity contribution >= 4 is 0 Å². The van der Waals surface area contributed by atoms with E-state index in [-0.39, 0.29) is 39.6 Å².